The van der Waals surface area contributed by atoms with Crippen molar-refractivity contribution in [1.29, 1.82) is 0 Å². The van der Waals surface area contributed by atoms with Gasteiger partial charge in [0.15, 0.2) is 0 Å². The summed E-state index contributed by atoms with van der Waals surface area (Å²) in [6.07, 6.45) is 2.68. The van der Waals surface area contributed by atoms with E-state index in [0.29, 0.717) is 33.7 Å². The Morgan fingerprint density at radius 1 is 0.950 bits per heavy atom. The normalized spacial score (nSPS) is 11.4. The Labute approximate surface area is 244 Å². The summed E-state index contributed by atoms with van der Waals surface area (Å²) in [7, 11) is -3.55. The number of sulfonamides is 1. The molecule has 0 radical (unpaired) electrons. The number of ether oxygens (including phenoxy) is 1. The number of hydrogen-bond donors (Lipinski definition) is 1. The summed E-state index contributed by atoms with van der Waals surface area (Å²) in [5.41, 5.74) is 6.85. The Morgan fingerprint density at radius 2 is 1.65 bits per heavy atom. The Kier molecular flexibility index (Phi) is 9.47. The highest BCUT2D eigenvalue weighted by Gasteiger charge is 2.19. The van der Waals surface area contributed by atoms with Gasteiger partial charge in [-0.2, -0.15) is 5.10 Å². The van der Waals surface area contributed by atoms with Gasteiger partial charge in [-0.25, -0.2) is 13.8 Å². The van der Waals surface area contributed by atoms with Crippen molar-refractivity contribution in [2.45, 2.75) is 20.1 Å². The average Bonchev–Trinajstić information content (AvgIpc) is 2.93. The number of nitrogens with zero attached hydrogens (tertiary/aromatic N) is 2. The molecule has 0 aliphatic rings. The molecule has 4 rings (SSSR count). The lowest BCUT2D eigenvalue weighted by Gasteiger charge is -2.23. The molecule has 1 amide bonds. The second kappa shape index (κ2) is 13.0. The Balaban J connectivity index is 1.33. The molecule has 0 saturated heterocycles. The van der Waals surface area contributed by atoms with Crippen molar-refractivity contribution in [3.05, 3.63) is 129 Å². The second-order valence-corrected chi connectivity index (χ2v) is 11.8. The van der Waals surface area contributed by atoms with Crippen LogP contribution in [0, 0.1) is 6.92 Å². The molecular formula is C30H27Cl2N3O4S. The number of halogens is 2. The number of amides is 1. The smallest absolute Gasteiger partial charge is 0.271 e. The predicted molar refractivity (Wildman–Crippen MR) is 161 cm³/mol. The van der Waals surface area contributed by atoms with E-state index in [2.05, 4.69) is 10.5 Å². The number of anilines is 1. The minimum absolute atomic E-state index is 0.195. The zero-order valence-corrected chi connectivity index (χ0v) is 24.2. The van der Waals surface area contributed by atoms with Crippen LogP contribution in [0.5, 0.6) is 5.75 Å². The number of hydrogen-bond acceptors (Lipinski definition) is 5. The molecule has 0 spiro atoms. The molecule has 4 aromatic rings. The quantitative estimate of drug-likeness (QED) is 0.165. The molecule has 4 aromatic carbocycles. The zero-order chi connectivity index (χ0) is 28.7. The lowest BCUT2D eigenvalue weighted by Crippen LogP contribution is -2.29. The van der Waals surface area contributed by atoms with Crippen molar-refractivity contribution >= 4 is 51.0 Å². The van der Waals surface area contributed by atoms with E-state index < -0.39 is 15.9 Å². The molecule has 206 valence electrons. The minimum Gasteiger partial charge on any atom is -0.489 e. The first kappa shape index (κ1) is 29.1. The van der Waals surface area contributed by atoms with Crippen molar-refractivity contribution in [2.24, 2.45) is 5.10 Å². The lowest BCUT2D eigenvalue weighted by molar-refractivity contribution is 0.0955. The summed E-state index contributed by atoms with van der Waals surface area (Å²) in [5.74, 6) is 0.243. The second-order valence-electron chi connectivity index (χ2n) is 9.05. The molecule has 0 unspecified atom stereocenters. The Bertz CT molecular complexity index is 1620. The maximum atomic E-state index is 12.6. The van der Waals surface area contributed by atoms with Crippen LogP contribution < -0.4 is 14.5 Å². The number of benzene rings is 4. The van der Waals surface area contributed by atoms with Crippen molar-refractivity contribution < 1.29 is 17.9 Å². The lowest BCUT2D eigenvalue weighted by atomic mass is 10.1. The van der Waals surface area contributed by atoms with E-state index in [0.717, 1.165) is 28.5 Å². The molecule has 0 aromatic heterocycles. The fourth-order valence-electron chi connectivity index (χ4n) is 3.80. The van der Waals surface area contributed by atoms with Gasteiger partial charge in [-0.1, -0.05) is 53.5 Å². The molecule has 0 heterocycles. The minimum atomic E-state index is -3.55. The molecule has 0 aliphatic heterocycles. The van der Waals surface area contributed by atoms with Crippen LogP contribution in [0.15, 0.2) is 96.1 Å². The molecule has 0 fully saturated rings. The van der Waals surface area contributed by atoms with E-state index >= 15 is 0 Å². The Hall–Kier alpha value is -3.85. The van der Waals surface area contributed by atoms with Gasteiger partial charge < -0.3 is 4.74 Å². The molecule has 0 saturated carbocycles. The monoisotopic (exact) mass is 595 g/mol. The maximum Gasteiger partial charge on any atom is 0.271 e. The van der Waals surface area contributed by atoms with Crippen molar-refractivity contribution in [2.75, 3.05) is 10.6 Å². The van der Waals surface area contributed by atoms with Gasteiger partial charge in [0, 0.05) is 5.56 Å². The third-order valence-electron chi connectivity index (χ3n) is 6.04. The van der Waals surface area contributed by atoms with Crippen LogP contribution in [0.2, 0.25) is 10.0 Å². The van der Waals surface area contributed by atoms with Gasteiger partial charge in [0.2, 0.25) is 10.0 Å². The largest absolute Gasteiger partial charge is 0.489 e. The van der Waals surface area contributed by atoms with Gasteiger partial charge in [0.25, 0.3) is 5.91 Å². The average molecular weight is 597 g/mol. The summed E-state index contributed by atoms with van der Waals surface area (Å²) in [6, 6.07) is 26.5. The molecular weight excluding hydrogens is 569 g/mol. The number of carbonyl (C=O) groups excluding carboxylic acids is 1. The van der Waals surface area contributed by atoms with Crippen LogP contribution in [-0.4, -0.2) is 26.8 Å². The summed E-state index contributed by atoms with van der Waals surface area (Å²) in [4.78, 5) is 12.6. The molecule has 0 atom stereocenters. The predicted octanol–water partition coefficient (Wildman–Crippen LogP) is 6.61. The molecule has 0 bridgehead atoms. The fourth-order valence-corrected chi connectivity index (χ4v) is 5.00. The van der Waals surface area contributed by atoms with Crippen molar-refractivity contribution in [3.63, 3.8) is 0 Å². The molecule has 40 heavy (non-hydrogen) atoms. The van der Waals surface area contributed by atoms with Crippen LogP contribution >= 0.6 is 23.2 Å². The van der Waals surface area contributed by atoms with Gasteiger partial charge in [-0.05, 0) is 89.8 Å². The highest BCUT2D eigenvalue weighted by atomic mass is 35.5. The number of nitrogens with one attached hydrogen (secondary N) is 1. The van der Waals surface area contributed by atoms with Gasteiger partial charge in [-0.3, -0.25) is 9.10 Å². The summed E-state index contributed by atoms with van der Waals surface area (Å²) in [6.45, 7) is 2.47. The molecule has 7 nitrogen and oxygen atoms in total. The first-order valence-corrected chi connectivity index (χ1v) is 14.8. The standard InChI is InChI=1S/C30H27Cl2N3O4S/c1-21-5-3-4-6-25(21)19-35(40(2,37)38)26-12-10-24(11-13-26)30(36)34-33-18-22-7-14-27(15-8-22)39-20-23-9-16-28(31)29(32)17-23/h3-18H,19-20H2,1-2H3,(H,34,36)/b33-18-. The SMILES string of the molecule is Cc1ccccc1CN(c1ccc(C(=O)N/N=C\c2ccc(OCc3ccc(Cl)c(Cl)c3)cc2)cc1)S(C)(=O)=O. The van der Waals surface area contributed by atoms with Gasteiger partial charge >= 0.3 is 0 Å². The number of hydrazone groups is 1. The van der Waals surface area contributed by atoms with E-state index in [-0.39, 0.29) is 6.54 Å². The molecule has 10 heteroatoms. The Morgan fingerprint density at radius 3 is 2.30 bits per heavy atom. The molecule has 1 N–H and O–H groups in total. The first-order valence-electron chi connectivity index (χ1n) is 12.2. The van der Waals surface area contributed by atoms with E-state index in [1.165, 1.54) is 10.5 Å². The highest BCUT2D eigenvalue weighted by Crippen LogP contribution is 2.24. The number of aryl methyl sites for hydroxylation is 1. The van der Waals surface area contributed by atoms with Gasteiger partial charge in [0.1, 0.15) is 12.4 Å². The van der Waals surface area contributed by atoms with Crippen LogP contribution in [-0.2, 0) is 23.2 Å². The first-order chi connectivity index (χ1) is 19.1. The van der Waals surface area contributed by atoms with Gasteiger partial charge in [-0.15, -0.1) is 0 Å². The zero-order valence-electron chi connectivity index (χ0n) is 21.8. The fraction of sp³-hybridized carbons (Fsp3) is 0.133. The number of carbonyl (C=O) groups is 1. The summed E-state index contributed by atoms with van der Waals surface area (Å²) >= 11 is 12.0. The van der Waals surface area contributed by atoms with Crippen LogP contribution in [0.3, 0.4) is 0 Å². The van der Waals surface area contributed by atoms with Gasteiger partial charge in [0.05, 0.1) is 34.7 Å². The molecule has 0 aliphatic carbocycles. The van der Waals surface area contributed by atoms with E-state index in [1.807, 2.05) is 49.4 Å². The summed E-state index contributed by atoms with van der Waals surface area (Å²) < 4.78 is 32.1. The van der Waals surface area contributed by atoms with Crippen LogP contribution in [0.4, 0.5) is 5.69 Å². The summed E-state index contributed by atoms with van der Waals surface area (Å²) in [5, 5.41) is 4.99. The van der Waals surface area contributed by atoms with Crippen molar-refractivity contribution in [1.82, 2.24) is 5.43 Å². The van der Waals surface area contributed by atoms with E-state index in [9.17, 15) is 13.2 Å². The van der Waals surface area contributed by atoms with Crippen molar-refractivity contribution in [3.8, 4) is 5.75 Å². The van der Waals surface area contributed by atoms with E-state index in [4.69, 9.17) is 27.9 Å². The third-order valence-corrected chi connectivity index (χ3v) is 7.92. The maximum absolute atomic E-state index is 12.6. The number of rotatable bonds is 10. The topological polar surface area (TPSA) is 88.1 Å². The highest BCUT2D eigenvalue weighted by molar-refractivity contribution is 7.92. The third kappa shape index (κ3) is 7.85. The van der Waals surface area contributed by atoms with Crippen LogP contribution in [0.25, 0.3) is 0 Å². The van der Waals surface area contributed by atoms with Crippen LogP contribution in [0.1, 0.15) is 32.6 Å². The van der Waals surface area contributed by atoms with E-state index in [1.54, 1.807) is 48.5 Å².